The molecule has 0 aliphatic heterocycles. The number of nitrogens with one attached hydrogen (secondary N) is 1. The Bertz CT molecular complexity index is 323. The maximum absolute atomic E-state index is 9.22. The highest BCUT2D eigenvalue weighted by atomic mass is 16.3. The van der Waals surface area contributed by atoms with E-state index in [9.17, 15) is 5.11 Å². The Morgan fingerprint density at radius 2 is 2.07 bits per heavy atom. The SMILES string of the molecule is Cc1c(N)cccc1NC(CO)C(C)C. The van der Waals surface area contributed by atoms with Gasteiger partial charge in [-0.25, -0.2) is 0 Å². The Morgan fingerprint density at radius 3 is 2.60 bits per heavy atom. The van der Waals surface area contributed by atoms with Gasteiger partial charge in [0.05, 0.1) is 12.6 Å². The molecule has 0 spiro atoms. The van der Waals surface area contributed by atoms with Gasteiger partial charge in [0.15, 0.2) is 0 Å². The van der Waals surface area contributed by atoms with Crippen LogP contribution in [0.4, 0.5) is 11.4 Å². The van der Waals surface area contributed by atoms with Gasteiger partial charge in [-0.1, -0.05) is 19.9 Å². The number of anilines is 2. The quantitative estimate of drug-likeness (QED) is 0.663. The van der Waals surface area contributed by atoms with Crippen molar-refractivity contribution in [2.75, 3.05) is 17.7 Å². The average molecular weight is 208 g/mol. The van der Waals surface area contributed by atoms with Crippen LogP contribution in [0.1, 0.15) is 19.4 Å². The molecule has 15 heavy (non-hydrogen) atoms. The summed E-state index contributed by atoms with van der Waals surface area (Å²) in [6.07, 6.45) is 0. The summed E-state index contributed by atoms with van der Waals surface area (Å²) in [5, 5.41) is 12.5. The number of benzene rings is 1. The smallest absolute Gasteiger partial charge is 0.0635 e. The van der Waals surface area contributed by atoms with Crippen molar-refractivity contribution in [2.45, 2.75) is 26.8 Å². The summed E-state index contributed by atoms with van der Waals surface area (Å²) in [6.45, 7) is 6.27. The first-order valence-electron chi connectivity index (χ1n) is 5.28. The number of hydrogen-bond acceptors (Lipinski definition) is 3. The van der Waals surface area contributed by atoms with Crippen LogP contribution in [0.3, 0.4) is 0 Å². The van der Waals surface area contributed by atoms with Crippen molar-refractivity contribution in [2.24, 2.45) is 5.92 Å². The summed E-state index contributed by atoms with van der Waals surface area (Å²) in [5.41, 5.74) is 8.63. The molecule has 1 atom stereocenters. The average Bonchev–Trinajstić information content (AvgIpc) is 2.19. The molecule has 1 rings (SSSR count). The maximum Gasteiger partial charge on any atom is 0.0635 e. The molecule has 0 fully saturated rings. The molecular weight excluding hydrogens is 188 g/mol. The van der Waals surface area contributed by atoms with Crippen LogP contribution in [0, 0.1) is 12.8 Å². The zero-order valence-electron chi connectivity index (χ0n) is 9.62. The van der Waals surface area contributed by atoms with Crippen LogP contribution in [-0.4, -0.2) is 17.8 Å². The third kappa shape index (κ3) is 2.86. The number of nitrogens with two attached hydrogens (primary N) is 1. The van der Waals surface area contributed by atoms with Crippen LogP contribution in [0.2, 0.25) is 0 Å². The minimum Gasteiger partial charge on any atom is -0.398 e. The van der Waals surface area contributed by atoms with E-state index >= 15 is 0 Å². The van der Waals surface area contributed by atoms with Crippen molar-refractivity contribution < 1.29 is 5.11 Å². The minimum absolute atomic E-state index is 0.0745. The van der Waals surface area contributed by atoms with Crippen LogP contribution in [-0.2, 0) is 0 Å². The Hall–Kier alpha value is -1.22. The molecule has 0 radical (unpaired) electrons. The van der Waals surface area contributed by atoms with Gasteiger partial charge >= 0.3 is 0 Å². The van der Waals surface area contributed by atoms with E-state index in [0.717, 1.165) is 16.9 Å². The first-order valence-corrected chi connectivity index (χ1v) is 5.28. The third-order valence-corrected chi connectivity index (χ3v) is 2.72. The van der Waals surface area contributed by atoms with Crippen molar-refractivity contribution in [1.29, 1.82) is 0 Å². The lowest BCUT2D eigenvalue weighted by Crippen LogP contribution is -2.29. The zero-order chi connectivity index (χ0) is 11.4. The second-order valence-corrected chi connectivity index (χ2v) is 4.20. The molecule has 1 aromatic rings. The fraction of sp³-hybridized carbons (Fsp3) is 0.500. The van der Waals surface area contributed by atoms with Crippen molar-refractivity contribution >= 4 is 11.4 Å². The van der Waals surface area contributed by atoms with E-state index in [1.54, 1.807) is 0 Å². The van der Waals surface area contributed by atoms with Gasteiger partial charge in [-0.2, -0.15) is 0 Å². The van der Waals surface area contributed by atoms with E-state index in [1.807, 2.05) is 25.1 Å². The Morgan fingerprint density at radius 1 is 1.40 bits per heavy atom. The molecule has 0 aromatic heterocycles. The van der Waals surface area contributed by atoms with E-state index < -0.39 is 0 Å². The Labute approximate surface area is 91.3 Å². The molecular formula is C12H20N2O. The van der Waals surface area contributed by atoms with Gasteiger partial charge in [0, 0.05) is 11.4 Å². The molecule has 0 saturated carbocycles. The molecule has 0 bridgehead atoms. The van der Waals surface area contributed by atoms with E-state index in [-0.39, 0.29) is 12.6 Å². The molecule has 0 amide bonds. The van der Waals surface area contributed by atoms with E-state index in [4.69, 9.17) is 5.73 Å². The number of nitrogen functional groups attached to an aromatic ring is 1. The lowest BCUT2D eigenvalue weighted by molar-refractivity contribution is 0.249. The minimum atomic E-state index is 0.0745. The molecule has 0 heterocycles. The molecule has 0 saturated heterocycles. The summed E-state index contributed by atoms with van der Waals surface area (Å²) < 4.78 is 0. The fourth-order valence-electron chi connectivity index (χ4n) is 1.43. The zero-order valence-corrected chi connectivity index (χ0v) is 9.62. The van der Waals surface area contributed by atoms with Gasteiger partial charge in [-0.3, -0.25) is 0 Å². The monoisotopic (exact) mass is 208 g/mol. The highest BCUT2D eigenvalue weighted by Gasteiger charge is 2.12. The van der Waals surface area contributed by atoms with Crippen LogP contribution in [0.15, 0.2) is 18.2 Å². The Balaban J connectivity index is 2.84. The molecule has 0 aliphatic rings. The number of aliphatic hydroxyl groups excluding tert-OH is 1. The van der Waals surface area contributed by atoms with Crippen molar-refractivity contribution in [3.63, 3.8) is 0 Å². The van der Waals surface area contributed by atoms with E-state index in [2.05, 4.69) is 19.2 Å². The summed E-state index contributed by atoms with van der Waals surface area (Å²) in [6, 6.07) is 5.85. The molecule has 0 aliphatic carbocycles. The van der Waals surface area contributed by atoms with E-state index in [1.165, 1.54) is 0 Å². The highest BCUT2D eigenvalue weighted by Crippen LogP contribution is 2.22. The van der Waals surface area contributed by atoms with Gasteiger partial charge in [-0.05, 0) is 30.5 Å². The van der Waals surface area contributed by atoms with E-state index in [0.29, 0.717) is 5.92 Å². The second-order valence-electron chi connectivity index (χ2n) is 4.20. The number of aliphatic hydroxyl groups is 1. The number of hydrogen-bond donors (Lipinski definition) is 3. The van der Waals surface area contributed by atoms with Crippen molar-refractivity contribution in [1.82, 2.24) is 0 Å². The molecule has 84 valence electrons. The van der Waals surface area contributed by atoms with Gasteiger partial charge in [-0.15, -0.1) is 0 Å². The predicted molar refractivity (Wildman–Crippen MR) is 64.9 cm³/mol. The van der Waals surface area contributed by atoms with Gasteiger partial charge in [0.25, 0.3) is 0 Å². The molecule has 3 heteroatoms. The Kier molecular flexibility index (Phi) is 3.97. The van der Waals surface area contributed by atoms with Crippen LogP contribution >= 0.6 is 0 Å². The third-order valence-electron chi connectivity index (χ3n) is 2.72. The fourth-order valence-corrected chi connectivity index (χ4v) is 1.43. The van der Waals surface area contributed by atoms with Crippen LogP contribution in [0.5, 0.6) is 0 Å². The first kappa shape index (κ1) is 11.9. The molecule has 1 unspecified atom stereocenters. The lowest BCUT2D eigenvalue weighted by Gasteiger charge is -2.22. The standard InChI is InChI=1S/C12H20N2O/c1-8(2)12(7-15)14-11-6-4-5-10(13)9(11)3/h4-6,8,12,14-15H,7,13H2,1-3H3. The summed E-state index contributed by atoms with van der Waals surface area (Å²) in [4.78, 5) is 0. The first-order chi connectivity index (χ1) is 7.06. The summed E-state index contributed by atoms with van der Waals surface area (Å²) in [5.74, 6) is 0.385. The largest absolute Gasteiger partial charge is 0.398 e. The summed E-state index contributed by atoms with van der Waals surface area (Å²) >= 11 is 0. The van der Waals surface area contributed by atoms with Gasteiger partial charge < -0.3 is 16.2 Å². The lowest BCUT2D eigenvalue weighted by atomic mass is 10.0. The van der Waals surface area contributed by atoms with Gasteiger partial charge in [0.2, 0.25) is 0 Å². The van der Waals surface area contributed by atoms with Crippen molar-refractivity contribution in [3.8, 4) is 0 Å². The van der Waals surface area contributed by atoms with Crippen LogP contribution < -0.4 is 11.1 Å². The van der Waals surface area contributed by atoms with Crippen molar-refractivity contribution in [3.05, 3.63) is 23.8 Å². The normalized spacial score (nSPS) is 12.9. The molecule has 4 N–H and O–H groups in total. The second kappa shape index (κ2) is 5.03. The maximum atomic E-state index is 9.22. The predicted octanol–water partition coefficient (Wildman–Crippen LogP) is 2.01. The number of rotatable bonds is 4. The molecule has 1 aromatic carbocycles. The summed E-state index contributed by atoms with van der Waals surface area (Å²) in [7, 11) is 0. The highest BCUT2D eigenvalue weighted by molar-refractivity contribution is 5.63. The topological polar surface area (TPSA) is 58.3 Å². The van der Waals surface area contributed by atoms with Gasteiger partial charge in [0.1, 0.15) is 0 Å². The van der Waals surface area contributed by atoms with Crippen LogP contribution in [0.25, 0.3) is 0 Å². The molecule has 3 nitrogen and oxygen atoms in total.